The van der Waals surface area contributed by atoms with E-state index < -0.39 is 11.8 Å². The molecule has 1 aromatic rings. The number of hydroxylamine groups is 1. The molecule has 3 aliphatic rings. The Hall–Kier alpha value is -3.34. The second-order valence-corrected chi connectivity index (χ2v) is 11.0. The molecule has 11 heteroatoms. The van der Waals surface area contributed by atoms with E-state index in [9.17, 15) is 19.2 Å². The summed E-state index contributed by atoms with van der Waals surface area (Å²) in [6.07, 6.45) is 4.73. The zero-order valence-corrected chi connectivity index (χ0v) is 23.2. The van der Waals surface area contributed by atoms with E-state index in [0.29, 0.717) is 55.6 Å². The molecule has 2 heterocycles. The molecule has 4 amide bonds. The molecule has 0 bridgehead atoms. The van der Waals surface area contributed by atoms with Gasteiger partial charge in [-0.15, -0.1) is 0 Å². The van der Waals surface area contributed by atoms with Crippen LogP contribution in [0.4, 0.5) is 0 Å². The first-order valence-electron chi connectivity index (χ1n) is 13.8. The summed E-state index contributed by atoms with van der Waals surface area (Å²) in [6.45, 7) is 7.96. The van der Waals surface area contributed by atoms with E-state index in [2.05, 4.69) is 26.1 Å². The van der Waals surface area contributed by atoms with E-state index in [1.165, 1.54) is 0 Å². The molecule has 0 radical (unpaired) electrons. The first kappa shape index (κ1) is 32.9. The summed E-state index contributed by atoms with van der Waals surface area (Å²) in [6, 6.07) is 5.07. The van der Waals surface area contributed by atoms with Crippen molar-refractivity contribution in [3.05, 3.63) is 23.8 Å². The van der Waals surface area contributed by atoms with Crippen LogP contribution in [0.1, 0.15) is 77.1 Å². The molecule has 11 nitrogen and oxygen atoms in total. The van der Waals surface area contributed by atoms with Crippen molar-refractivity contribution >= 4 is 23.6 Å². The van der Waals surface area contributed by atoms with Gasteiger partial charge in [0.05, 0.1) is 6.54 Å². The number of piperazine rings is 1. The van der Waals surface area contributed by atoms with Crippen molar-refractivity contribution in [2.75, 3.05) is 39.5 Å². The van der Waals surface area contributed by atoms with Gasteiger partial charge in [0, 0.05) is 44.1 Å². The minimum Gasteiger partial charge on any atom is -0.454 e. The van der Waals surface area contributed by atoms with Gasteiger partial charge in [-0.25, -0.2) is 5.48 Å². The molecule has 1 saturated carbocycles. The molecule has 4 rings (SSSR count). The van der Waals surface area contributed by atoms with E-state index in [0.717, 1.165) is 31.6 Å². The average Bonchev–Trinajstić information content (AvgIpc) is 3.62. The molecule has 3 N–H and O–H groups in total. The smallest absolute Gasteiger partial charge is 0.254 e. The number of nitrogens with one attached hydrogen (secondary N) is 2. The highest BCUT2D eigenvalue weighted by atomic mass is 16.7. The number of hydrogen-bond donors (Lipinski definition) is 3. The van der Waals surface area contributed by atoms with E-state index in [4.69, 9.17) is 14.7 Å². The molecule has 40 heavy (non-hydrogen) atoms. The van der Waals surface area contributed by atoms with Crippen LogP contribution in [0.2, 0.25) is 0 Å². The number of carbonyl (C=O) groups is 4. The van der Waals surface area contributed by atoms with Crippen molar-refractivity contribution in [1.82, 2.24) is 20.6 Å². The first-order chi connectivity index (χ1) is 18.7. The van der Waals surface area contributed by atoms with Gasteiger partial charge in [-0.05, 0) is 36.5 Å². The Labute approximate surface area is 237 Å². The lowest BCUT2D eigenvalue weighted by Gasteiger charge is -2.35. The van der Waals surface area contributed by atoms with Crippen molar-refractivity contribution in [2.45, 2.75) is 66.7 Å². The summed E-state index contributed by atoms with van der Waals surface area (Å²) < 4.78 is 10.6. The number of carbonyl (C=O) groups excluding carboxylic acids is 4. The van der Waals surface area contributed by atoms with Gasteiger partial charge in [-0.1, -0.05) is 53.9 Å². The molecule has 1 aromatic carbocycles. The highest BCUT2D eigenvalue weighted by molar-refractivity contribution is 5.95. The summed E-state index contributed by atoms with van der Waals surface area (Å²) in [5.41, 5.74) is 2.09. The Morgan fingerprint density at radius 1 is 0.975 bits per heavy atom. The van der Waals surface area contributed by atoms with Crippen molar-refractivity contribution < 1.29 is 33.9 Å². The maximum atomic E-state index is 12.8. The fraction of sp³-hybridized carbons (Fsp3) is 0.655. The number of ether oxygens (including phenoxy) is 2. The van der Waals surface area contributed by atoms with Crippen LogP contribution >= 0.6 is 0 Å². The standard InChI is InChI=1S/C24H32N4O7.C4H10.CH4/c29-21(26-33)13-18(11-16-3-1-2-4-16)23(31)25-14-22(30)27-7-9-28(10-8-27)24(32)17-5-6-19-20(12-17)35-15-34-19;1-4(2)3;/h5-6,12,16,18,33H,1-4,7-11,13-15H2,(H,25,31)(H,26,29);4H,1-3H3;1H4/t18-;;/m1../s1. The fourth-order valence-electron chi connectivity index (χ4n) is 4.99. The van der Waals surface area contributed by atoms with Crippen LogP contribution in [0.15, 0.2) is 18.2 Å². The summed E-state index contributed by atoms with van der Waals surface area (Å²) in [5, 5.41) is 11.5. The van der Waals surface area contributed by atoms with Crippen LogP contribution in [0, 0.1) is 17.8 Å². The number of nitrogens with zero attached hydrogens (tertiary/aromatic N) is 2. The van der Waals surface area contributed by atoms with Crippen molar-refractivity contribution in [3.63, 3.8) is 0 Å². The predicted octanol–water partition coefficient (Wildman–Crippen LogP) is 3.21. The van der Waals surface area contributed by atoms with Gasteiger partial charge in [0.1, 0.15) is 0 Å². The fourth-order valence-corrected chi connectivity index (χ4v) is 4.99. The van der Waals surface area contributed by atoms with E-state index in [1.807, 2.05) is 0 Å². The molecule has 224 valence electrons. The molecule has 1 atom stereocenters. The number of hydrogen-bond acceptors (Lipinski definition) is 7. The summed E-state index contributed by atoms with van der Waals surface area (Å²) in [7, 11) is 0. The van der Waals surface area contributed by atoms with Crippen LogP contribution < -0.4 is 20.3 Å². The van der Waals surface area contributed by atoms with Gasteiger partial charge < -0.3 is 24.6 Å². The molecule has 1 aliphatic carbocycles. The Bertz CT molecular complexity index is 999. The highest BCUT2D eigenvalue weighted by Crippen LogP contribution is 2.33. The van der Waals surface area contributed by atoms with Crippen LogP contribution in [-0.2, 0) is 14.4 Å². The number of rotatable bonds is 8. The second-order valence-electron chi connectivity index (χ2n) is 11.0. The van der Waals surface area contributed by atoms with Gasteiger partial charge in [0.25, 0.3) is 5.91 Å². The minimum atomic E-state index is -0.613. The van der Waals surface area contributed by atoms with E-state index in [-0.39, 0.29) is 44.9 Å². The SMILES string of the molecule is C.CC(C)C.O=C(C[C@@H](CC1CCCC1)C(=O)NCC(=O)N1CCN(C(=O)c2ccc3c(c2)OCO3)CC1)NO. The average molecular weight is 563 g/mol. The van der Waals surface area contributed by atoms with Gasteiger partial charge in [0.15, 0.2) is 11.5 Å². The van der Waals surface area contributed by atoms with Crippen molar-refractivity contribution in [1.29, 1.82) is 0 Å². The summed E-state index contributed by atoms with van der Waals surface area (Å²) in [4.78, 5) is 53.2. The minimum absolute atomic E-state index is 0. The second kappa shape index (κ2) is 16.1. The monoisotopic (exact) mass is 562 g/mol. The molecule has 0 aromatic heterocycles. The lowest BCUT2D eigenvalue weighted by atomic mass is 9.90. The van der Waals surface area contributed by atoms with Gasteiger partial charge in [-0.3, -0.25) is 24.4 Å². The van der Waals surface area contributed by atoms with Crippen LogP contribution in [-0.4, -0.2) is 78.2 Å². The van der Waals surface area contributed by atoms with Crippen molar-refractivity contribution in [3.8, 4) is 11.5 Å². The molecular formula is C29H46N4O7. The van der Waals surface area contributed by atoms with Gasteiger partial charge in [-0.2, -0.15) is 0 Å². The van der Waals surface area contributed by atoms with Crippen molar-refractivity contribution in [2.24, 2.45) is 17.8 Å². The molecule has 1 saturated heterocycles. The zero-order valence-electron chi connectivity index (χ0n) is 23.2. The summed E-state index contributed by atoms with van der Waals surface area (Å²) >= 11 is 0. The third-order valence-corrected chi connectivity index (χ3v) is 6.97. The molecule has 0 unspecified atom stereocenters. The Morgan fingerprint density at radius 3 is 2.20 bits per heavy atom. The number of fused-ring (bicyclic) bond motifs is 1. The normalized spacial score (nSPS) is 16.9. The van der Waals surface area contributed by atoms with Gasteiger partial charge >= 0.3 is 0 Å². The van der Waals surface area contributed by atoms with Crippen LogP contribution in [0.25, 0.3) is 0 Å². The lowest BCUT2D eigenvalue weighted by molar-refractivity contribution is -0.137. The topological polar surface area (TPSA) is 138 Å². The summed E-state index contributed by atoms with van der Waals surface area (Å²) in [5.74, 6) is 0.436. The van der Waals surface area contributed by atoms with Crippen LogP contribution in [0.3, 0.4) is 0 Å². The third kappa shape index (κ3) is 9.69. The maximum Gasteiger partial charge on any atom is 0.254 e. The maximum absolute atomic E-state index is 12.8. The Balaban J connectivity index is 0.00000105. The number of benzene rings is 1. The third-order valence-electron chi connectivity index (χ3n) is 6.97. The molecule has 2 fully saturated rings. The highest BCUT2D eigenvalue weighted by Gasteiger charge is 2.29. The Morgan fingerprint density at radius 2 is 1.57 bits per heavy atom. The van der Waals surface area contributed by atoms with Crippen LogP contribution in [0.5, 0.6) is 11.5 Å². The molecule has 0 spiro atoms. The number of amides is 4. The van der Waals surface area contributed by atoms with Gasteiger partial charge in [0.2, 0.25) is 24.5 Å². The Kier molecular flexibility index (Phi) is 13.2. The van der Waals surface area contributed by atoms with E-state index in [1.54, 1.807) is 33.5 Å². The molecular weight excluding hydrogens is 516 g/mol. The predicted molar refractivity (Wildman–Crippen MR) is 150 cm³/mol. The quantitative estimate of drug-likeness (QED) is 0.327. The first-order valence-corrected chi connectivity index (χ1v) is 13.8. The zero-order chi connectivity index (χ0) is 28.4. The largest absolute Gasteiger partial charge is 0.454 e. The van der Waals surface area contributed by atoms with E-state index >= 15 is 0 Å². The molecule has 2 aliphatic heterocycles. The lowest BCUT2D eigenvalue weighted by Crippen LogP contribution is -2.53.